The van der Waals surface area contributed by atoms with Gasteiger partial charge in [0, 0.05) is 18.8 Å². The molecule has 0 heterocycles. The molecule has 0 saturated heterocycles. The fraction of sp³-hybridized carbons (Fsp3) is 0.864. The number of esters is 2. The Morgan fingerprint density at radius 1 is 0.774 bits per heavy atom. The Bertz CT molecular complexity index is 576. The van der Waals surface area contributed by atoms with Gasteiger partial charge < -0.3 is 24.8 Å². The summed E-state index contributed by atoms with van der Waals surface area (Å²) in [6.07, 6.45) is 0.108. The van der Waals surface area contributed by atoms with E-state index in [0.717, 1.165) is 12.3 Å². The Kier molecular flexibility index (Phi) is 12.5. The first-order chi connectivity index (χ1) is 14.0. The predicted octanol–water partition coefficient (Wildman–Crippen LogP) is 3.67. The van der Waals surface area contributed by atoms with E-state index in [1.807, 2.05) is 20.8 Å². The minimum Gasteiger partial charge on any atom is -0.460 e. The molecular formula is C22H42N2O6S. The minimum absolute atomic E-state index is 0.221. The molecule has 0 aliphatic heterocycles. The molecule has 0 saturated carbocycles. The number of carbonyl (C=O) groups excluding carboxylic acids is 3. The SMILES string of the molecule is CC(C)(C)OC(=O)CCNCCSCCC(NC(=O)OC(C)(C)C)C(=O)OC(C)(C)C. The highest BCUT2D eigenvalue weighted by Crippen LogP contribution is 2.13. The summed E-state index contributed by atoms with van der Waals surface area (Å²) in [7, 11) is 0. The molecule has 182 valence electrons. The lowest BCUT2D eigenvalue weighted by molar-refractivity contribution is -0.157. The van der Waals surface area contributed by atoms with E-state index in [1.54, 1.807) is 53.3 Å². The van der Waals surface area contributed by atoms with Crippen molar-refractivity contribution in [2.24, 2.45) is 0 Å². The number of rotatable bonds is 11. The van der Waals surface area contributed by atoms with Gasteiger partial charge >= 0.3 is 18.0 Å². The summed E-state index contributed by atoms with van der Waals surface area (Å²) in [4.78, 5) is 36.2. The molecule has 8 nitrogen and oxygen atoms in total. The van der Waals surface area contributed by atoms with Crippen molar-refractivity contribution >= 4 is 29.8 Å². The van der Waals surface area contributed by atoms with Gasteiger partial charge in [0.2, 0.25) is 0 Å². The van der Waals surface area contributed by atoms with Crippen LogP contribution < -0.4 is 10.6 Å². The smallest absolute Gasteiger partial charge is 0.408 e. The van der Waals surface area contributed by atoms with E-state index in [9.17, 15) is 14.4 Å². The molecule has 0 bridgehead atoms. The number of ether oxygens (including phenoxy) is 3. The van der Waals surface area contributed by atoms with E-state index < -0.39 is 34.9 Å². The van der Waals surface area contributed by atoms with Crippen LogP contribution in [0.4, 0.5) is 4.79 Å². The third kappa shape index (κ3) is 19.0. The van der Waals surface area contributed by atoms with Gasteiger partial charge in [-0.05, 0) is 74.5 Å². The van der Waals surface area contributed by atoms with E-state index in [4.69, 9.17) is 14.2 Å². The maximum absolute atomic E-state index is 12.5. The molecule has 0 rings (SSSR count). The van der Waals surface area contributed by atoms with Crippen LogP contribution in [0.5, 0.6) is 0 Å². The van der Waals surface area contributed by atoms with E-state index in [1.165, 1.54) is 0 Å². The number of hydrogen-bond acceptors (Lipinski definition) is 8. The summed E-state index contributed by atoms with van der Waals surface area (Å²) >= 11 is 1.65. The van der Waals surface area contributed by atoms with Crippen LogP contribution in [-0.2, 0) is 23.8 Å². The second kappa shape index (κ2) is 13.2. The third-order valence-corrected chi connectivity index (χ3v) is 4.30. The topological polar surface area (TPSA) is 103 Å². The average Bonchev–Trinajstić information content (AvgIpc) is 2.51. The fourth-order valence-electron chi connectivity index (χ4n) is 2.23. The van der Waals surface area contributed by atoms with E-state index >= 15 is 0 Å². The number of alkyl carbamates (subject to hydrolysis) is 1. The van der Waals surface area contributed by atoms with Crippen molar-refractivity contribution in [2.45, 2.75) is 98.0 Å². The first-order valence-electron chi connectivity index (χ1n) is 10.7. The molecule has 1 atom stereocenters. The Balaban J connectivity index is 4.31. The van der Waals surface area contributed by atoms with Crippen molar-refractivity contribution in [1.29, 1.82) is 0 Å². The lowest BCUT2D eigenvalue weighted by Gasteiger charge is -2.26. The minimum atomic E-state index is -0.776. The number of amides is 1. The maximum atomic E-state index is 12.5. The second-order valence-corrected chi connectivity index (χ2v) is 11.4. The lowest BCUT2D eigenvalue weighted by atomic mass is 10.1. The zero-order valence-electron chi connectivity index (χ0n) is 20.7. The van der Waals surface area contributed by atoms with Gasteiger partial charge in [-0.15, -0.1) is 0 Å². The Labute approximate surface area is 191 Å². The van der Waals surface area contributed by atoms with Gasteiger partial charge in [-0.2, -0.15) is 11.8 Å². The van der Waals surface area contributed by atoms with Crippen LogP contribution in [-0.4, -0.2) is 65.5 Å². The summed E-state index contributed by atoms with van der Waals surface area (Å²) in [6.45, 7) is 17.5. The molecular weight excluding hydrogens is 420 g/mol. The van der Waals surface area contributed by atoms with E-state index in [-0.39, 0.29) is 5.97 Å². The van der Waals surface area contributed by atoms with Gasteiger partial charge in [0.1, 0.15) is 22.8 Å². The molecule has 9 heteroatoms. The van der Waals surface area contributed by atoms with Crippen LogP contribution in [0, 0.1) is 0 Å². The average molecular weight is 463 g/mol. The Morgan fingerprint density at radius 3 is 1.84 bits per heavy atom. The van der Waals surface area contributed by atoms with Crippen molar-refractivity contribution in [1.82, 2.24) is 10.6 Å². The van der Waals surface area contributed by atoms with Gasteiger partial charge in [0.25, 0.3) is 0 Å². The van der Waals surface area contributed by atoms with Crippen molar-refractivity contribution in [3.05, 3.63) is 0 Å². The highest BCUT2D eigenvalue weighted by atomic mass is 32.2. The normalized spacial score (nSPS) is 13.3. The molecule has 0 fully saturated rings. The molecule has 1 unspecified atom stereocenters. The monoisotopic (exact) mass is 462 g/mol. The van der Waals surface area contributed by atoms with Crippen LogP contribution in [0.1, 0.15) is 75.2 Å². The molecule has 31 heavy (non-hydrogen) atoms. The largest absolute Gasteiger partial charge is 0.460 e. The Morgan fingerprint density at radius 2 is 1.32 bits per heavy atom. The number of nitrogens with one attached hydrogen (secondary N) is 2. The van der Waals surface area contributed by atoms with E-state index in [2.05, 4.69) is 10.6 Å². The summed E-state index contributed by atoms with van der Waals surface area (Å²) in [5.74, 6) is 0.769. The van der Waals surface area contributed by atoms with Crippen LogP contribution in [0.3, 0.4) is 0 Å². The van der Waals surface area contributed by atoms with Crippen LogP contribution in [0.15, 0.2) is 0 Å². The van der Waals surface area contributed by atoms with Gasteiger partial charge in [0.05, 0.1) is 6.42 Å². The molecule has 0 aromatic heterocycles. The lowest BCUT2D eigenvalue weighted by Crippen LogP contribution is -2.46. The molecule has 1 amide bonds. The zero-order valence-corrected chi connectivity index (χ0v) is 21.5. The zero-order chi connectivity index (χ0) is 24.3. The van der Waals surface area contributed by atoms with Crippen LogP contribution in [0.25, 0.3) is 0 Å². The van der Waals surface area contributed by atoms with Crippen molar-refractivity contribution in [3.63, 3.8) is 0 Å². The molecule has 0 aromatic carbocycles. The second-order valence-electron chi connectivity index (χ2n) is 10.2. The molecule has 0 spiro atoms. The Hall–Kier alpha value is -1.48. The summed E-state index contributed by atoms with van der Waals surface area (Å²) < 4.78 is 15.9. The highest BCUT2D eigenvalue weighted by molar-refractivity contribution is 7.99. The number of hydrogen-bond donors (Lipinski definition) is 2. The first kappa shape index (κ1) is 29.5. The van der Waals surface area contributed by atoms with Crippen molar-refractivity contribution < 1.29 is 28.6 Å². The fourth-order valence-corrected chi connectivity index (χ4v) is 3.12. The standard InChI is InChI=1S/C22H42N2O6S/c1-20(2,3)28-17(25)10-12-23-13-15-31-14-11-16(18(26)29-21(4,5)6)24-19(27)30-22(7,8)9/h16,23H,10-15H2,1-9H3,(H,24,27). The van der Waals surface area contributed by atoms with E-state index in [0.29, 0.717) is 25.1 Å². The predicted molar refractivity (Wildman–Crippen MR) is 124 cm³/mol. The van der Waals surface area contributed by atoms with Crippen molar-refractivity contribution in [3.8, 4) is 0 Å². The molecule has 0 aromatic rings. The highest BCUT2D eigenvalue weighted by Gasteiger charge is 2.28. The van der Waals surface area contributed by atoms with Crippen LogP contribution in [0.2, 0.25) is 0 Å². The molecule has 0 aliphatic rings. The third-order valence-electron chi connectivity index (χ3n) is 3.28. The molecule has 0 aliphatic carbocycles. The number of carbonyl (C=O) groups is 3. The van der Waals surface area contributed by atoms with Crippen LogP contribution >= 0.6 is 11.8 Å². The molecule has 2 N–H and O–H groups in total. The van der Waals surface area contributed by atoms with Crippen molar-refractivity contribution in [2.75, 3.05) is 24.6 Å². The first-order valence-corrected chi connectivity index (χ1v) is 11.9. The summed E-state index contributed by atoms with van der Waals surface area (Å²) in [5.41, 5.74) is -1.76. The van der Waals surface area contributed by atoms with Gasteiger partial charge in [-0.1, -0.05) is 0 Å². The summed E-state index contributed by atoms with van der Waals surface area (Å²) in [5, 5.41) is 5.82. The summed E-state index contributed by atoms with van der Waals surface area (Å²) in [6, 6.07) is -0.776. The molecule has 0 radical (unpaired) electrons. The maximum Gasteiger partial charge on any atom is 0.408 e. The quantitative estimate of drug-likeness (QED) is 0.272. The van der Waals surface area contributed by atoms with Gasteiger partial charge in [0.15, 0.2) is 0 Å². The van der Waals surface area contributed by atoms with Gasteiger partial charge in [-0.3, -0.25) is 4.79 Å². The number of thioether (sulfide) groups is 1. The van der Waals surface area contributed by atoms with Gasteiger partial charge in [-0.25, -0.2) is 9.59 Å².